The van der Waals surface area contributed by atoms with Crippen LogP contribution in [-0.2, 0) is 5.41 Å². The molecule has 7 nitrogen and oxygen atoms in total. The molecule has 1 saturated carbocycles. The van der Waals surface area contributed by atoms with Crippen LogP contribution in [0.2, 0.25) is 0 Å². The summed E-state index contributed by atoms with van der Waals surface area (Å²) >= 11 is 0. The summed E-state index contributed by atoms with van der Waals surface area (Å²) in [6.45, 7) is 2.16. The Labute approximate surface area is 131 Å². The minimum atomic E-state index is -1.20. The van der Waals surface area contributed by atoms with Gasteiger partial charge >= 0.3 is 5.97 Å². The highest BCUT2D eigenvalue weighted by Crippen LogP contribution is 2.52. The van der Waals surface area contributed by atoms with Crippen LogP contribution in [0.3, 0.4) is 0 Å². The van der Waals surface area contributed by atoms with Gasteiger partial charge in [0.05, 0.1) is 11.1 Å². The minimum absolute atomic E-state index is 0.0172. The van der Waals surface area contributed by atoms with Crippen LogP contribution < -0.4 is 5.73 Å². The monoisotopic (exact) mass is 309 g/mol. The van der Waals surface area contributed by atoms with Gasteiger partial charge in [-0.15, -0.1) is 0 Å². The first kappa shape index (κ1) is 13.7. The third kappa shape index (κ3) is 2.04. The van der Waals surface area contributed by atoms with Crippen molar-refractivity contribution in [2.75, 3.05) is 5.73 Å². The molecule has 116 valence electrons. The molecule has 3 aromatic rings. The summed E-state index contributed by atoms with van der Waals surface area (Å²) in [6.07, 6.45) is 3.83. The summed E-state index contributed by atoms with van der Waals surface area (Å²) in [5, 5.41) is 9.76. The van der Waals surface area contributed by atoms with Crippen molar-refractivity contribution in [2.24, 2.45) is 0 Å². The molecule has 1 fully saturated rings. The Morgan fingerprint density at radius 3 is 2.74 bits per heavy atom. The third-order valence-electron chi connectivity index (χ3n) is 4.40. The molecule has 0 unspecified atom stereocenters. The maximum Gasteiger partial charge on any atom is 0.374 e. The maximum absolute atomic E-state index is 11.2. The van der Waals surface area contributed by atoms with E-state index < -0.39 is 5.97 Å². The molecule has 7 heteroatoms. The molecule has 3 aromatic heterocycles. The molecule has 0 saturated heterocycles. The SMILES string of the molecule is CC1(c2[nH]c3nc(C(=O)O)nc(N)c3c2-c2ccccn2)CC1. The summed E-state index contributed by atoms with van der Waals surface area (Å²) in [5.41, 5.74) is 9.15. The van der Waals surface area contributed by atoms with Gasteiger partial charge in [0.25, 0.3) is 0 Å². The molecule has 0 atom stereocenters. The number of hydrogen-bond donors (Lipinski definition) is 3. The molecule has 0 amide bonds. The van der Waals surface area contributed by atoms with Crippen LogP contribution in [0.5, 0.6) is 0 Å². The van der Waals surface area contributed by atoms with E-state index in [-0.39, 0.29) is 17.1 Å². The molecule has 0 aliphatic heterocycles. The molecule has 0 bridgehead atoms. The number of hydrogen-bond acceptors (Lipinski definition) is 5. The molecular formula is C16H15N5O2. The highest BCUT2D eigenvalue weighted by molar-refractivity contribution is 6.03. The van der Waals surface area contributed by atoms with Gasteiger partial charge < -0.3 is 15.8 Å². The lowest BCUT2D eigenvalue weighted by Crippen LogP contribution is -2.06. The second-order valence-corrected chi connectivity index (χ2v) is 6.11. The number of pyridine rings is 1. The maximum atomic E-state index is 11.2. The lowest BCUT2D eigenvalue weighted by molar-refractivity contribution is 0.0684. The minimum Gasteiger partial charge on any atom is -0.475 e. The van der Waals surface area contributed by atoms with E-state index >= 15 is 0 Å². The molecule has 0 aromatic carbocycles. The molecule has 23 heavy (non-hydrogen) atoms. The van der Waals surface area contributed by atoms with E-state index in [4.69, 9.17) is 10.8 Å². The third-order valence-corrected chi connectivity index (χ3v) is 4.40. The van der Waals surface area contributed by atoms with Gasteiger partial charge in [-0.1, -0.05) is 13.0 Å². The van der Waals surface area contributed by atoms with E-state index in [1.807, 2.05) is 18.2 Å². The zero-order valence-electron chi connectivity index (χ0n) is 12.5. The quantitative estimate of drug-likeness (QED) is 0.683. The molecule has 3 heterocycles. The summed E-state index contributed by atoms with van der Waals surface area (Å²) < 4.78 is 0. The Balaban J connectivity index is 2.08. The van der Waals surface area contributed by atoms with E-state index in [2.05, 4.69) is 26.9 Å². The van der Waals surface area contributed by atoms with Gasteiger partial charge in [-0.05, 0) is 25.0 Å². The van der Waals surface area contributed by atoms with Crippen molar-refractivity contribution in [3.8, 4) is 11.3 Å². The number of nitrogens with zero attached hydrogens (tertiary/aromatic N) is 3. The number of H-pyrrole nitrogens is 1. The normalized spacial score (nSPS) is 15.7. The number of aromatic amines is 1. The van der Waals surface area contributed by atoms with E-state index in [1.165, 1.54) is 0 Å². The van der Waals surface area contributed by atoms with Crippen LogP contribution in [0.25, 0.3) is 22.3 Å². The van der Waals surface area contributed by atoms with Gasteiger partial charge in [0.1, 0.15) is 11.5 Å². The number of anilines is 1. The average molecular weight is 309 g/mol. The number of nitrogen functional groups attached to an aromatic ring is 1. The van der Waals surface area contributed by atoms with Gasteiger partial charge in [-0.25, -0.2) is 14.8 Å². The van der Waals surface area contributed by atoms with E-state index in [9.17, 15) is 4.79 Å². The smallest absolute Gasteiger partial charge is 0.374 e. The predicted molar refractivity (Wildman–Crippen MR) is 85.1 cm³/mol. The highest BCUT2D eigenvalue weighted by atomic mass is 16.4. The Morgan fingerprint density at radius 1 is 1.35 bits per heavy atom. The Hall–Kier alpha value is -2.96. The van der Waals surface area contributed by atoms with Gasteiger partial charge in [0.15, 0.2) is 0 Å². The standard InChI is InChI=1S/C16H15N5O2/c1-16(5-6-16)11-9(8-4-2-3-7-18-8)10-12(17)20-14(15(22)23)21-13(10)19-11/h2-4,7H,5-6H2,1H3,(H,22,23)(H3,17,19,20,21). The largest absolute Gasteiger partial charge is 0.475 e. The average Bonchev–Trinajstić information content (AvgIpc) is 3.15. The van der Waals surface area contributed by atoms with Crippen molar-refractivity contribution >= 4 is 22.8 Å². The second-order valence-electron chi connectivity index (χ2n) is 6.11. The topological polar surface area (TPSA) is 118 Å². The number of carboxylic acids is 1. The summed E-state index contributed by atoms with van der Waals surface area (Å²) in [7, 11) is 0. The van der Waals surface area contributed by atoms with Crippen molar-refractivity contribution in [3.63, 3.8) is 0 Å². The first-order valence-corrected chi connectivity index (χ1v) is 7.34. The summed E-state index contributed by atoms with van der Waals surface area (Å²) in [5.74, 6) is -1.36. The van der Waals surface area contributed by atoms with Gasteiger partial charge in [-0.2, -0.15) is 0 Å². The number of nitrogens with one attached hydrogen (secondary N) is 1. The number of rotatable bonds is 3. The van der Waals surface area contributed by atoms with Crippen LogP contribution in [0.15, 0.2) is 24.4 Å². The van der Waals surface area contributed by atoms with Crippen LogP contribution in [0.1, 0.15) is 36.1 Å². The Kier molecular flexibility index (Phi) is 2.69. The van der Waals surface area contributed by atoms with Crippen molar-refractivity contribution in [2.45, 2.75) is 25.2 Å². The summed E-state index contributed by atoms with van der Waals surface area (Å²) in [6, 6.07) is 5.66. The molecule has 0 radical (unpaired) electrons. The Bertz CT molecular complexity index is 929. The van der Waals surface area contributed by atoms with Crippen molar-refractivity contribution in [3.05, 3.63) is 35.9 Å². The number of carbonyl (C=O) groups is 1. The van der Waals surface area contributed by atoms with E-state index in [0.717, 1.165) is 29.8 Å². The fourth-order valence-corrected chi connectivity index (χ4v) is 2.87. The lowest BCUT2D eigenvalue weighted by atomic mass is 9.97. The van der Waals surface area contributed by atoms with E-state index in [1.54, 1.807) is 6.20 Å². The number of aromatic carboxylic acids is 1. The van der Waals surface area contributed by atoms with E-state index in [0.29, 0.717) is 11.0 Å². The van der Waals surface area contributed by atoms with Gasteiger partial charge in [0, 0.05) is 22.9 Å². The first-order valence-electron chi connectivity index (χ1n) is 7.34. The van der Waals surface area contributed by atoms with Crippen LogP contribution in [0, 0.1) is 0 Å². The van der Waals surface area contributed by atoms with Crippen molar-refractivity contribution < 1.29 is 9.90 Å². The number of carboxylic acid groups (broad SMARTS) is 1. The van der Waals surface area contributed by atoms with Crippen LogP contribution in [0.4, 0.5) is 5.82 Å². The zero-order chi connectivity index (χ0) is 16.2. The number of fused-ring (bicyclic) bond motifs is 1. The molecule has 4 rings (SSSR count). The fraction of sp³-hybridized carbons (Fsp3) is 0.250. The molecular weight excluding hydrogens is 294 g/mol. The predicted octanol–water partition coefficient (Wildman–Crippen LogP) is 2.35. The summed E-state index contributed by atoms with van der Waals surface area (Å²) in [4.78, 5) is 26.9. The molecule has 4 N–H and O–H groups in total. The lowest BCUT2D eigenvalue weighted by Gasteiger charge is -2.10. The number of nitrogens with two attached hydrogens (primary N) is 1. The molecule has 1 aliphatic carbocycles. The zero-order valence-corrected chi connectivity index (χ0v) is 12.5. The Morgan fingerprint density at radius 2 is 2.13 bits per heavy atom. The fourth-order valence-electron chi connectivity index (χ4n) is 2.87. The van der Waals surface area contributed by atoms with Gasteiger partial charge in [-0.3, -0.25) is 4.98 Å². The van der Waals surface area contributed by atoms with Crippen LogP contribution >= 0.6 is 0 Å². The van der Waals surface area contributed by atoms with Crippen molar-refractivity contribution in [1.82, 2.24) is 19.9 Å². The second kappa shape index (κ2) is 4.52. The van der Waals surface area contributed by atoms with Crippen molar-refractivity contribution in [1.29, 1.82) is 0 Å². The molecule has 1 aliphatic rings. The van der Waals surface area contributed by atoms with Crippen LogP contribution in [-0.4, -0.2) is 31.0 Å². The first-order chi connectivity index (χ1) is 11.0. The highest BCUT2D eigenvalue weighted by Gasteiger charge is 2.43. The van der Waals surface area contributed by atoms with Gasteiger partial charge in [0.2, 0.25) is 5.82 Å². The molecule has 0 spiro atoms. The number of aromatic nitrogens is 4.